The highest BCUT2D eigenvalue weighted by molar-refractivity contribution is 9.09. The van der Waals surface area contributed by atoms with Gasteiger partial charge in [0.15, 0.2) is 5.72 Å². The molecule has 2 saturated heterocycles. The van der Waals surface area contributed by atoms with Gasteiger partial charge in [-0.1, -0.05) is 99.6 Å². The first-order chi connectivity index (χ1) is 41.6. The van der Waals surface area contributed by atoms with Crippen molar-refractivity contribution in [3.63, 3.8) is 0 Å². The summed E-state index contributed by atoms with van der Waals surface area (Å²) < 4.78 is 29.6. The number of nitrogens with zero attached hydrogens (tertiary/aromatic N) is 2. The molecule has 24 nitrogen and oxygen atoms in total. The molecular weight excluding hydrogens is 1320 g/mol. The lowest BCUT2D eigenvalue weighted by atomic mass is 9.83. The first-order valence-corrected chi connectivity index (χ1v) is 32.0. The minimum atomic E-state index is -1.92. The quantitative estimate of drug-likeness (QED) is 0.0170. The molecule has 11 atom stereocenters. The normalized spacial score (nSPS) is 24.4. The molecule has 0 spiro atoms. The molecule has 486 valence electrons. The van der Waals surface area contributed by atoms with Crippen molar-refractivity contribution < 1.29 is 71.9 Å². The maximum atomic E-state index is 14.5. The van der Waals surface area contributed by atoms with Gasteiger partial charge in [-0.05, 0) is 101 Å². The van der Waals surface area contributed by atoms with E-state index < -0.39 is 114 Å². The summed E-state index contributed by atoms with van der Waals surface area (Å²) in [4.78, 5) is 123. The van der Waals surface area contributed by atoms with Crippen LogP contribution in [0, 0.1) is 17.8 Å². The van der Waals surface area contributed by atoms with Crippen LogP contribution in [-0.2, 0) is 54.1 Å². The minimum absolute atomic E-state index is 0.0384. The van der Waals surface area contributed by atoms with Gasteiger partial charge in [-0.15, -0.1) is 0 Å². The summed E-state index contributed by atoms with van der Waals surface area (Å²) in [6.45, 7) is 10.8. The topological polar surface area (TPSA) is 328 Å². The van der Waals surface area contributed by atoms with E-state index in [9.17, 15) is 48.3 Å². The summed E-state index contributed by atoms with van der Waals surface area (Å²) in [7, 11) is 5.72. The van der Waals surface area contributed by atoms with E-state index >= 15 is 0 Å². The molecule has 2 aromatic carbocycles. The van der Waals surface area contributed by atoms with Gasteiger partial charge in [0.05, 0.1) is 53.9 Å². The highest BCUT2D eigenvalue weighted by Gasteiger charge is 2.64. The lowest BCUT2D eigenvalue weighted by Gasteiger charge is -2.42. The molecule has 4 bridgehead atoms. The number of primary amides is 1. The number of carbonyl (C=O) groups excluding carboxylic acids is 9. The number of hydrogen-bond acceptors (Lipinski definition) is 16. The van der Waals surface area contributed by atoms with Gasteiger partial charge in [-0.2, -0.15) is 0 Å². The van der Waals surface area contributed by atoms with E-state index in [0.717, 1.165) is 16.0 Å². The van der Waals surface area contributed by atoms with Crippen LogP contribution >= 0.6 is 55.1 Å². The molecule has 0 aromatic heterocycles. The van der Waals surface area contributed by atoms with Gasteiger partial charge in [0.25, 0.3) is 5.91 Å². The number of methoxy groups -OCH3 is 2. The number of likely N-dealkylation sites (N-methyl/N-ethyl adjacent to an activating group) is 1. The monoisotopic (exact) mass is 1400 g/mol. The number of esters is 1. The van der Waals surface area contributed by atoms with E-state index in [1.54, 1.807) is 52.0 Å². The highest BCUT2D eigenvalue weighted by Crippen LogP contribution is 2.49. The van der Waals surface area contributed by atoms with E-state index in [-0.39, 0.29) is 64.8 Å². The fourth-order valence-electron chi connectivity index (χ4n) is 10.4. The molecule has 1 unspecified atom stereocenters. The second-order valence-corrected chi connectivity index (χ2v) is 25.0. The summed E-state index contributed by atoms with van der Waals surface area (Å²) in [6.07, 6.45) is 2.42. The molecular formula is C60H83Br2Cl2N9O15. The maximum Gasteiger partial charge on any atom is 0.409 e. The molecule has 2 fully saturated rings. The van der Waals surface area contributed by atoms with Gasteiger partial charge in [0.1, 0.15) is 53.1 Å². The van der Waals surface area contributed by atoms with Crippen LogP contribution in [0.2, 0.25) is 10.0 Å². The second kappa shape index (κ2) is 33.3. The number of epoxide rings is 1. The number of unbranched alkanes of at least 4 members (excludes halogenated alkanes) is 1. The largest absolute Gasteiger partial charge is 0.495 e. The van der Waals surface area contributed by atoms with E-state index in [0.29, 0.717) is 60.6 Å². The summed E-state index contributed by atoms with van der Waals surface area (Å²) in [5.41, 5.74) is 3.93. The first-order valence-electron chi connectivity index (χ1n) is 29.0. The SMILES string of the molecule is COc1cc2cc(c1Cl)N(C)C(=O)C[C@H](OC(=O)[C@H](C)N(C)C(=O)c1ccc(NC(=O)[C@H](CCCNC(N)=O)NC(=O)[C@@H](NC(C=O)CCCCNC(=O)C(CBr)CBr)C(C)C)cc1Cl)[C@]1(C)O[C@H]1[C@H](C)[C@@H]1C[C@@](O)(NC(=O)O1)[C@H](OC)/C=C/C=C(\C)C2. The van der Waals surface area contributed by atoms with E-state index in [1.807, 2.05) is 13.0 Å². The molecule has 0 aliphatic carbocycles. The number of allylic oxidation sites excluding steroid dienone is 3. The van der Waals surface area contributed by atoms with E-state index in [4.69, 9.17) is 52.6 Å². The highest BCUT2D eigenvalue weighted by atomic mass is 79.9. The zero-order valence-corrected chi connectivity index (χ0v) is 55.9. The fraction of sp³-hybridized carbons (Fsp3) is 0.583. The van der Waals surface area contributed by atoms with Crippen molar-refractivity contribution >= 4 is 120 Å². The van der Waals surface area contributed by atoms with Crippen LogP contribution in [0.3, 0.4) is 0 Å². The summed E-state index contributed by atoms with van der Waals surface area (Å²) in [5.74, 6) is -4.45. The Bertz CT molecular complexity index is 2920. The van der Waals surface area contributed by atoms with Crippen molar-refractivity contribution in [1.82, 2.24) is 31.5 Å². The molecule has 8 amide bonds. The number of urea groups is 1. The number of fused-ring (bicyclic) bond motifs is 5. The Morgan fingerprint density at radius 1 is 0.989 bits per heavy atom. The summed E-state index contributed by atoms with van der Waals surface area (Å²) in [5, 5.41) is 29.4. The maximum absolute atomic E-state index is 14.5. The zero-order valence-electron chi connectivity index (χ0n) is 51.2. The van der Waals surface area contributed by atoms with Crippen LogP contribution in [0.15, 0.2) is 54.1 Å². The van der Waals surface area contributed by atoms with Gasteiger partial charge in [0.2, 0.25) is 23.6 Å². The number of carbonyl (C=O) groups is 9. The number of aliphatic hydroxyl groups is 1. The Labute approximate surface area is 540 Å². The number of aldehydes is 1. The molecule has 3 aliphatic rings. The predicted octanol–water partition coefficient (Wildman–Crippen LogP) is 6.23. The number of benzene rings is 2. The summed E-state index contributed by atoms with van der Waals surface area (Å²) >= 11 is 20.3. The van der Waals surface area contributed by atoms with Crippen molar-refractivity contribution in [3.05, 3.63) is 75.3 Å². The fourth-order valence-corrected chi connectivity index (χ4v) is 12.7. The van der Waals surface area contributed by atoms with Crippen LogP contribution in [0.4, 0.5) is 21.0 Å². The Hall–Kier alpha value is -5.87. The van der Waals surface area contributed by atoms with Crippen LogP contribution in [-0.4, -0.2) is 176 Å². The number of hydrogen-bond donors (Lipinski definition) is 8. The van der Waals surface area contributed by atoms with Crippen LogP contribution < -0.4 is 47.3 Å². The number of alkyl halides is 2. The van der Waals surface area contributed by atoms with Gasteiger partial charge in [0, 0.05) is 63.0 Å². The van der Waals surface area contributed by atoms with Crippen LogP contribution in [0.1, 0.15) is 102 Å². The lowest BCUT2D eigenvalue weighted by molar-refractivity contribution is -0.158. The Kier molecular flexibility index (Phi) is 27.6. The number of amides is 8. The number of nitrogens with two attached hydrogens (primary N) is 1. The minimum Gasteiger partial charge on any atom is -0.495 e. The molecule has 88 heavy (non-hydrogen) atoms. The van der Waals surface area contributed by atoms with Crippen molar-refractivity contribution in [2.24, 2.45) is 23.5 Å². The van der Waals surface area contributed by atoms with Gasteiger partial charge in [-0.25, -0.2) is 14.4 Å². The number of nitrogens with one attached hydrogen (secondary N) is 6. The van der Waals surface area contributed by atoms with E-state index in [1.165, 1.54) is 58.3 Å². The lowest BCUT2D eigenvalue weighted by Crippen LogP contribution is -2.63. The van der Waals surface area contributed by atoms with Gasteiger partial charge < -0.3 is 70.4 Å². The predicted molar refractivity (Wildman–Crippen MR) is 339 cm³/mol. The van der Waals surface area contributed by atoms with Crippen molar-refractivity contribution in [1.29, 1.82) is 0 Å². The van der Waals surface area contributed by atoms with E-state index in [2.05, 4.69) is 63.8 Å². The first kappa shape index (κ1) is 72.9. The van der Waals surface area contributed by atoms with Crippen molar-refractivity contribution in [3.8, 4) is 5.75 Å². The third-order valence-corrected chi connectivity index (χ3v) is 18.3. The Balaban J connectivity index is 1.33. The van der Waals surface area contributed by atoms with Gasteiger partial charge >= 0.3 is 18.1 Å². The average Bonchev–Trinajstić information content (AvgIpc) is 1.58. The van der Waals surface area contributed by atoms with Gasteiger partial charge in [-0.3, -0.25) is 34.6 Å². The second-order valence-electron chi connectivity index (χ2n) is 22.9. The Morgan fingerprint density at radius 3 is 2.31 bits per heavy atom. The standard InChI is InChI=1S/C60H83Br2Cl2N9O15/c1-32(2)50(68-39(31-74)16-11-12-21-66-52(76)37(29-61)30-62)54(78)70-42(17-14-22-67-57(65)81)53(77)69-38-19-20-40(41(63)26-38)55(79)72(7)35(5)56(80)87-47-27-48(75)73(8)43-24-36(25-44(84-9)49(43)64)23-33(3)15-13-18-46(85-10)60(83)28-45(86-58(82)71-60)34(4)51-59(47,6)88-51/h13,15,18-20,24-26,31-32,34-35,37,39,42,45-47,50-51,68,83H,11-12,14,16-17,21-23,27-30H2,1-10H3,(H,66,76)(H,69,77)(H,70,78)(H,71,82)(H3,65,67,81)/b18-13+,33-15+/t34-,35+,39?,42+,45+,46-,47+,50+,51+,59+,60+/m1/s1. The molecule has 3 aliphatic heterocycles. The number of halogens is 4. The summed E-state index contributed by atoms with van der Waals surface area (Å²) in [6, 6.07) is 2.65. The Morgan fingerprint density at radius 2 is 1.68 bits per heavy atom. The molecule has 5 rings (SSSR count). The molecule has 0 radical (unpaired) electrons. The number of anilines is 2. The van der Waals surface area contributed by atoms with Crippen molar-refractivity contribution in [2.45, 2.75) is 153 Å². The number of ether oxygens (including phenoxy) is 5. The molecule has 0 saturated carbocycles. The third-order valence-electron chi connectivity index (χ3n) is 16.0. The number of alkyl carbamates (subject to hydrolysis) is 1. The number of rotatable bonds is 26. The third kappa shape index (κ3) is 19.3. The molecule has 28 heteroatoms. The molecule has 2 aromatic rings. The van der Waals surface area contributed by atoms with Crippen LogP contribution in [0.25, 0.3) is 0 Å². The van der Waals surface area contributed by atoms with Crippen molar-refractivity contribution in [2.75, 3.05) is 62.3 Å². The zero-order chi connectivity index (χ0) is 65.4. The average molecular weight is 1400 g/mol. The molecule has 9 N–H and O–H groups in total. The van der Waals surface area contributed by atoms with Crippen LogP contribution in [0.5, 0.6) is 5.75 Å². The molecule has 3 heterocycles. The smallest absolute Gasteiger partial charge is 0.409 e.